The van der Waals surface area contributed by atoms with Gasteiger partial charge in [0.2, 0.25) is 5.91 Å². The van der Waals surface area contributed by atoms with E-state index < -0.39 is 10.8 Å². The Bertz CT molecular complexity index is 1020. The van der Waals surface area contributed by atoms with Crippen molar-refractivity contribution in [2.45, 2.75) is 17.3 Å². The van der Waals surface area contributed by atoms with Crippen LogP contribution in [-0.4, -0.2) is 20.7 Å². The van der Waals surface area contributed by atoms with E-state index in [0.29, 0.717) is 15.9 Å². The number of carbonyl (C=O) groups excluding carboxylic acids is 1. The summed E-state index contributed by atoms with van der Waals surface area (Å²) in [6.45, 7) is 1.73. The Morgan fingerprint density at radius 3 is 2.63 bits per heavy atom. The SMILES string of the molecule is C[C@H](Sc1nc(=O)cc(N)n1-c1ccccc1)C(=O)Nc1cccc(Cl)c1. The predicted octanol–water partition coefficient (Wildman–Crippen LogP) is 3.59. The zero-order chi connectivity index (χ0) is 19.4. The topological polar surface area (TPSA) is 90.0 Å². The lowest BCUT2D eigenvalue weighted by atomic mass is 10.3. The molecule has 0 unspecified atom stereocenters. The summed E-state index contributed by atoms with van der Waals surface area (Å²) >= 11 is 7.09. The number of thioether (sulfide) groups is 1. The first kappa shape index (κ1) is 19.0. The van der Waals surface area contributed by atoms with Crippen LogP contribution in [0.25, 0.3) is 5.69 Å². The van der Waals surface area contributed by atoms with Gasteiger partial charge in [-0.05, 0) is 37.3 Å². The maximum Gasteiger partial charge on any atom is 0.275 e. The van der Waals surface area contributed by atoms with Crippen LogP contribution >= 0.6 is 23.4 Å². The lowest BCUT2D eigenvalue weighted by Crippen LogP contribution is -2.24. The van der Waals surface area contributed by atoms with E-state index in [9.17, 15) is 9.59 Å². The Morgan fingerprint density at radius 1 is 1.19 bits per heavy atom. The van der Waals surface area contributed by atoms with Gasteiger partial charge >= 0.3 is 0 Å². The highest BCUT2D eigenvalue weighted by molar-refractivity contribution is 8.00. The van der Waals surface area contributed by atoms with E-state index in [2.05, 4.69) is 10.3 Å². The third-order valence-corrected chi connectivity index (χ3v) is 4.97. The second-order valence-corrected chi connectivity index (χ2v) is 7.48. The quantitative estimate of drug-likeness (QED) is 0.504. The molecule has 0 fully saturated rings. The van der Waals surface area contributed by atoms with Gasteiger partial charge in [-0.15, -0.1) is 0 Å². The van der Waals surface area contributed by atoms with E-state index in [4.69, 9.17) is 17.3 Å². The molecule has 0 saturated heterocycles. The number of nitrogens with one attached hydrogen (secondary N) is 1. The number of benzene rings is 2. The van der Waals surface area contributed by atoms with Gasteiger partial charge < -0.3 is 11.1 Å². The van der Waals surface area contributed by atoms with Crippen LogP contribution in [0.1, 0.15) is 6.92 Å². The highest BCUT2D eigenvalue weighted by Crippen LogP contribution is 2.26. The number of carbonyl (C=O) groups is 1. The van der Waals surface area contributed by atoms with Gasteiger partial charge in [0.05, 0.1) is 5.25 Å². The maximum absolute atomic E-state index is 12.5. The molecule has 2 aromatic carbocycles. The smallest absolute Gasteiger partial charge is 0.275 e. The molecule has 3 N–H and O–H groups in total. The third-order valence-electron chi connectivity index (χ3n) is 3.68. The molecule has 138 valence electrons. The fraction of sp³-hybridized carbons (Fsp3) is 0.105. The van der Waals surface area contributed by atoms with Gasteiger partial charge in [0.25, 0.3) is 5.56 Å². The summed E-state index contributed by atoms with van der Waals surface area (Å²) in [6.07, 6.45) is 0. The van der Waals surface area contributed by atoms with Crippen molar-refractivity contribution < 1.29 is 4.79 Å². The van der Waals surface area contributed by atoms with Gasteiger partial charge in [-0.2, -0.15) is 4.98 Å². The van der Waals surface area contributed by atoms with Crippen LogP contribution in [0.3, 0.4) is 0 Å². The monoisotopic (exact) mass is 400 g/mol. The van der Waals surface area contributed by atoms with E-state index in [0.717, 1.165) is 17.4 Å². The minimum atomic E-state index is -0.521. The molecular weight excluding hydrogens is 384 g/mol. The summed E-state index contributed by atoms with van der Waals surface area (Å²) in [5, 5.41) is 3.16. The molecule has 0 spiro atoms. The average Bonchev–Trinajstić information content (AvgIpc) is 2.62. The summed E-state index contributed by atoms with van der Waals surface area (Å²) in [5.41, 5.74) is 6.94. The van der Waals surface area contributed by atoms with Crippen molar-refractivity contribution in [2.75, 3.05) is 11.1 Å². The van der Waals surface area contributed by atoms with Gasteiger partial charge in [-0.1, -0.05) is 47.6 Å². The minimum Gasteiger partial charge on any atom is -0.385 e. The molecule has 0 radical (unpaired) electrons. The fourth-order valence-corrected chi connectivity index (χ4v) is 3.55. The number of nitrogens with two attached hydrogens (primary N) is 1. The number of halogens is 1. The first-order valence-electron chi connectivity index (χ1n) is 8.12. The second kappa shape index (κ2) is 8.28. The van der Waals surface area contributed by atoms with Crippen molar-refractivity contribution in [3.05, 3.63) is 76.0 Å². The Morgan fingerprint density at radius 2 is 1.93 bits per heavy atom. The molecule has 1 heterocycles. The van der Waals surface area contributed by atoms with E-state index >= 15 is 0 Å². The van der Waals surface area contributed by atoms with Crippen LogP contribution in [-0.2, 0) is 4.79 Å². The van der Waals surface area contributed by atoms with Crippen LogP contribution in [0.5, 0.6) is 0 Å². The number of nitrogen functional groups attached to an aromatic ring is 1. The van der Waals surface area contributed by atoms with Crippen LogP contribution in [0.15, 0.2) is 70.6 Å². The van der Waals surface area contributed by atoms with Crippen molar-refractivity contribution in [3.8, 4) is 5.69 Å². The first-order chi connectivity index (χ1) is 12.9. The number of para-hydroxylation sites is 1. The molecule has 3 aromatic rings. The molecule has 6 nitrogen and oxygen atoms in total. The van der Waals surface area contributed by atoms with Crippen LogP contribution in [0.2, 0.25) is 5.02 Å². The Balaban J connectivity index is 1.86. The van der Waals surface area contributed by atoms with Gasteiger partial charge in [-0.3, -0.25) is 14.2 Å². The molecular formula is C19H17ClN4O2S. The molecule has 0 bridgehead atoms. The number of nitrogens with zero attached hydrogens (tertiary/aromatic N) is 2. The number of rotatable bonds is 5. The van der Waals surface area contributed by atoms with Crippen LogP contribution in [0.4, 0.5) is 11.5 Å². The number of aromatic nitrogens is 2. The Kier molecular flexibility index (Phi) is 5.83. The van der Waals surface area contributed by atoms with E-state index in [1.54, 1.807) is 35.8 Å². The molecule has 1 amide bonds. The summed E-state index contributed by atoms with van der Waals surface area (Å²) < 4.78 is 1.65. The lowest BCUT2D eigenvalue weighted by Gasteiger charge is -2.17. The molecule has 27 heavy (non-hydrogen) atoms. The molecule has 3 rings (SSSR count). The zero-order valence-corrected chi connectivity index (χ0v) is 16.0. The summed E-state index contributed by atoms with van der Waals surface area (Å²) in [7, 11) is 0. The van der Waals surface area contributed by atoms with Crippen LogP contribution < -0.4 is 16.6 Å². The number of hydrogen-bond acceptors (Lipinski definition) is 5. The minimum absolute atomic E-state index is 0.237. The molecule has 0 aliphatic heterocycles. The number of hydrogen-bond donors (Lipinski definition) is 2. The van der Waals surface area contributed by atoms with E-state index in [1.165, 1.54) is 6.07 Å². The van der Waals surface area contributed by atoms with Crippen molar-refractivity contribution >= 4 is 40.8 Å². The van der Waals surface area contributed by atoms with Gasteiger partial charge in [0, 0.05) is 22.5 Å². The lowest BCUT2D eigenvalue weighted by molar-refractivity contribution is -0.115. The van der Waals surface area contributed by atoms with Crippen molar-refractivity contribution in [1.29, 1.82) is 0 Å². The average molecular weight is 401 g/mol. The number of anilines is 2. The normalized spacial score (nSPS) is 11.8. The first-order valence-corrected chi connectivity index (χ1v) is 9.38. The maximum atomic E-state index is 12.5. The molecule has 1 aromatic heterocycles. The fourth-order valence-electron chi connectivity index (χ4n) is 2.42. The zero-order valence-electron chi connectivity index (χ0n) is 14.4. The molecule has 1 atom stereocenters. The van der Waals surface area contributed by atoms with E-state index in [1.807, 2.05) is 30.3 Å². The summed E-state index contributed by atoms with van der Waals surface area (Å²) in [4.78, 5) is 28.4. The van der Waals surface area contributed by atoms with Gasteiger partial charge in [-0.25, -0.2) is 0 Å². The van der Waals surface area contributed by atoms with E-state index in [-0.39, 0.29) is 11.7 Å². The Hall–Kier alpha value is -2.77. The molecule has 0 aliphatic rings. The van der Waals surface area contributed by atoms with Crippen molar-refractivity contribution in [3.63, 3.8) is 0 Å². The second-order valence-electron chi connectivity index (χ2n) is 5.73. The Labute approximate surface area is 165 Å². The van der Waals surface area contributed by atoms with Crippen molar-refractivity contribution in [1.82, 2.24) is 9.55 Å². The largest absolute Gasteiger partial charge is 0.385 e. The molecule has 0 aliphatic carbocycles. The summed E-state index contributed by atoms with van der Waals surface area (Å²) in [5.74, 6) is 0.0182. The number of amides is 1. The molecule has 8 heteroatoms. The highest BCUT2D eigenvalue weighted by Gasteiger charge is 2.19. The van der Waals surface area contributed by atoms with Crippen LogP contribution in [0, 0.1) is 0 Å². The van der Waals surface area contributed by atoms with Crippen molar-refractivity contribution in [2.24, 2.45) is 0 Å². The third kappa shape index (κ3) is 4.69. The van der Waals surface area contributed by atoms with Gasteiger partial charge in [0.15, 0.2) is 5.16 Å². The highest BCUT2D eigenvalue weighted by atomic mass is 35.5. The standard InChI is InChI=1S/C19H17ClN4O2S/c1-12(18(26)22-14-7-5-6-13(20)10-14)27-19-23-17(25)11-16(21)24(19)15-8-3-2-4-9-15/h2-12H,21H2,1H3,(H,22,26)/t12-/m0/s1. The molecule has 0 saturated carbocycles. The summed E-state index contributed by atoms with van der Waals surface area (Å²) in [6, 6.07) is 17.4. The van der Waals surface area contributed by atoms with Gasteiger partial charge in [0.1, 0.15) is 5.82 Å². The predicted molar refractivity (Wildman–Crippen MR) is 110 cm³/mol.